The molecular weight excluding hydrogens is 244 g/mol. The number of carbonyl (C=O) groups excluding carboxylic acids is 1. The number of nitrogens with two attached hydrogens (primary N) is 1. The number of hydrogen-bond acceptors (Lipinski definition) is 3. The molecular formula is C14H18N2O3. The summed E-state index contributed by atoms with van der Waals surface area (Å²) in [5, 5.41) is 9.08. The summed E-state index contributed by atoms with van der Waals surface area (Å²) in [7, 11) is 0. The number of carboxylic acids is 1. The van der Waals surface area contributed by atoms with Gasteiger partial charge in [-0.15, -0.1) is 0 Å². The van der Waals surface area contributed by atoms with Crippen LogP contribution in [-0.4, -0.2) is 34.5 Å². The minimum atomic E-state index is -0.841. The molecule has 1 amide bonds. The first-order chi connectivity index (χ1) is 8.91. The number of benzene rings is 1. The maximum atomic E-state index is 12.4. The average Bonchev–Trinajstić information content (AvgIpc) is 2.74. The summed E-state index contributed by atoms with van der Waals surface area (Å²) in [6.45, 7) is 4.13. The van der Waals surface area contributed by atoms with Crippen LogP contribution in [0.3, 0.4) is 0 Å². The quantitative estimate of drug-likeness (QED) is 0.791. The number of anilines is 1. The van der Waals surface area contributed by atoms with Gasteiger partial charge in [0.1, 0.15) is 0 Å². The average molecular weight is 262 g/mol. The zero-order valence-electron chi connectivity index (χ0n) is 11.1. The standard InChI is InChI=1S/C14H18N2O3/c1-8-3-4-10(7-12(8)15)13(17)16-6-5-11(9(16)2)14(18)19/h3-4,7,9,11H,5-6,15H2,1-2H3,(H,18,19). The Morgan fingerprint density at radius 2 is 2.11 bits per heavy atom. The topological polar surface area (TPSA) is 83.6 Å². The van der Waals surface area contributed by atoms with E-state index in [9.17, 15) is 9.59 Å². The van der Waals surface area contributed by atoms with Crippen molar-refractivity contribution in [1.82, 2.24) is 4.90 Å². The van der Waals surface area contributed by atoms with E-state index in [0.29, 0.717) is 24.2 Å². The number of aliphatic carboxylic acids is 1. The number of nitrogen functional groups attached to an aromatic ring is 1. The van der Waals surface area contributed by atoms with Gasteiger partial charge in [-0.05, 0) is 38.0 Å². The summed E-state index contributed by atoms with van der Waals surface area (Å²) in [4.78, 5) is 25.0. The third kappa shape index (κ3) is 2.41. The Morgan fingerprint density at radius 1 is 1.42 bits per heavy atom. The van der Waals surface area contributed by atoms with E-state index in [2.05, 4.69) is 0 Å². The number of nitrogens with zero attached hydrogens (tertiary/aromatic N) is 1. The summed E-state index contributed by atoms with van der Waals surface area (Å²) in [5.74, 6) is -1.47. The van der Waals surface area contributed by atoms with Gasteiger partial charge in [0.15, 0.2) is 0 Å². The predicted octanol–water partition coefficient (Wildman–Crippen LogP) is 1.51. The lowest BCUT2D eigenvalue weighted by Crippen LogP contribution is -2.37. The molecule has 1 fully saturated rings. The van der Waals surface area contributed by atoms with E-state index in [1.54, 1.807) is 30.0 Å². The van der Waals surface area contributed by atoms with Crippen LogP contribution in [0.5, 0.6) is 0 Å². The van der Waals surface area contributed by atoms with Crippen LogP contribution in [0.25, 0.3) is 0 Å². The molecule has 0 aliphatic carbocycles. The van der Waals surface area contributed by atoms with E-state index >= 15 is 0 Å². The lowest BCUT2D eigenvalue weighted by atomic mass is 10.0. The van der Waals surface area contributed by atoms with E-state index in [-0.39, 0.29) is 11.9 Å². The highest BCUT2D eigenvalue weighted by Gasteiger charge is 2.38. The number of carbonyl (C=O) groups is 2. The van der Waals surface area contributed by atoms with Gasteiger partial charge in [-0.2, -0.15) is 0 Å². The molecule has 19 heavy (non-hydrogen) atoms. The van der Waals surface area contributed by atoms with E-state index in [1.165, 1.54) is 0 Å². The molecule has 1 aliphatic heterocycles. The highest BCUT2D eigenvalue weighted by atomic mass is 16.4. The van der Waals surface area contributed by atoms with Crippen molar-refractivity contribution in [2.24, 2.45) is 5.92 Å². The number of likely N-dealkylation sites (tertiary alicyclic amines) is 1. The first-order valence-electron chi connectivity index (χ1n) is 6.31. The van der Waals surface area contributed by atoms with Gasteiger partial charge >= 0.3 is 5.97 Å². The Morgan fingerprint density at radius 3 is 2.63 bits per heavy atom. The number of hydrogen-bond donors (Lipinski definition) is 2. The first kappa shape index (κ1) is 13.4. The van der Waals surface area contributed by atoms with Crippen LogP contribution in [0.15, 0.2) is 18.2 Å². The molecule has 1 aromatic carbocycles. The van der Waals surface area contributed by atoms with E-state index < -0.39 is 11.9 Å². The van der Waals surface area contributed by atoms with Gasteiger partial charge < -0.3 is 15.7 Å². The van der Waals surface area contributed by atoms with Gasteiger partial charge in [-0.25, -0.2) is 0 Å². The zero-order valence-corrected chi connectivity index (χ0v) is 11.1. The van der Waals surface area contributed by atoms with E-state index in [1.807, 2.05) is 6.92 Å². The first-order valence-corrected chi connectivity index (χ1v) is 6.31. The largest absolute Gasteiger partial charge is 0.481 e. The van der Waals surface area contributed by atoms with Crippen LogP contribution in [-0.2, 0) is 4.79 Å². The molecule has 0 aromatic heterocycles. The van der Waals surface area contributed by atoms with E-state index in [4.69, 9.17) is 10.8 Å². The third-order valence-corrected chi connectivity index (χ3v) is 3.86. The lowest BCUT2D eigenvalue weighted by Gasteiger charge is -2.23. The molecule has 2 unspecified atom stereocenters. The molecule has 0 saturated carbocycles. The van der Waals surface area contributed by atoms with Crippen molar-refractivity contribution < 1.29 is 14.7 Å². The minimum absolute atomic E-state index is 0.150. The smallest absolute Gasteiger partial charge is 0.308 e. The van der Waals surface area contributed by atoms with Crippen LogP contribution in [0.2, 0.25) is 0 Å². The Bertz CT molecular complexity index is 527. The Labute approximate surface area is 112 Å². The van der Waals surface area contributed by atoms with E-state index in [0.717, 1.165) is 5.56 Å². The molecule has 1 heterocycles. The van der Waals surface area contributed by atoms with Crippen molar-refractivity contribution in [3.63, 3.8) is 0 Å². The van der Waals surface area contributed by atoms with Crippen LogP contribution < -0.4 is 5.73 Å². The fourth-order valence-electron chi connectivity index (χ4n) is 2.50. The monoisotopic (exact) mass is 262 g/mol. The molecule has 5 heteroatoms. The Hall–Kier alpha value is -2.04. The normalized spacial score (nSPS) is 22.5. The second kappa shape index (κ2) is 4.91. The molecule has 5 nitrogen and oxygen atoms in total. The lowest BCUT2D eigenvalue weighted by molar-refractivity contribution is -0.142. The second-order valence-electron chi connectivity index (χ2n) is 5.04. The zero-order chi connectivity index (χ0) is 14.2. The highest BCUT2D eigenvalue weighted by molar-refractivity contribution is 5.96. The fraction of sp³-hybridized carbons (Fsp3) is 0.429. The summed E-state index contributed by atoms with van der Waals surface area (Å²) < 4.78 is 0. The maximum absolute atomic E-state index is 12.4. The molecule has 1 saturated heterocycles. The van der Waals surface area contributed by atoms with Gasteiger partial charge in [0.25, 0.3) is 5.91 Å². The van der Waals surface area contributed by atoms with Crippen LogP contribution >= 0.6 is 0 Å². The predicted molar refractivity (Wildman–Crippen MR) is 71.8 cm³/mol. The molecule has 3 N–H and O–H groups in total. The van der Waals surface area contributed by atoms with Crippen molar-refractivity contribution >= 4 is 17.6 Å². The third-order valence-electron chi connectivity index (χ3n) is 3.86. The van der Waals surface area contributed by atoms with Crippen molar-refractivity contribution in [2.45, 2.75) is 26.3 Å². The van der Waals surface area contributed by atoms with Gasteiger partial charge in [-0.1, -0.05) is 6.07 Å². The molecule has 2 atom stereocenters. The Kier molecular flexibility index (Phi) is 3.46. The van der Waals surface area contributed by atoms with Crippen molar-refractivity contribution in [2.75, 3.05) is 12.3 Å². The van der Waals surface area contributed by atoms with Crippen LogP contribution in [0, 0.1) is 12.8 Å². The number of amides is 1. The van der Waals surface area contributed by atoms with Crippen LogP contribution in [0.1, 0.15) is 29.3 Å². The summed E-state index contributed by atoms with van der Waals surface area (Å²) in [5.41, 5.74) is 7.82. The number of aryl methyl sites for hydroxylation is 1. The summed E-state index contributed by atoms with van der Waals surface area (Å²) in [6, 6.07) is 4.90. The highest BCUT2D eigenvalue weighted by Crippen LogP contribution is 2.26. The molecule has 0 spiro atoms. The van der Waals surface area contributed by atoms with Gasteiger partial charge in [-0.3, -0.25) is 9.59 Å². The summed E-state index contributed by atoms with van der Waals surface area (Å²) >= 11 is 0. The minimum Gasteiger partial charge on any atom is -0.481 e. The fourth-order valence-corrected chi connectivity index (χ4v) is 2.50. The molecule has 1 aromatic rings. The molecule has 102 valence electrons. The molecule has 2 rings (SSSR count). The Balaban J connectivity index is 2.21. The number of carboxylic acid groups (broad SMARTS) is 1. The van der Waals surface area contributed by atoms with Crippen molar-refractivity contribution in [3.8, 4) is 0 Å². The molecule has 0 bridgehead atoms. The van der Waals surface area contributed by atoms with Gasteiger partial charge in [0.2, 0.25) is 0 Å². The van der Waals surface area contributed by atoms with Crippen LogP contribution in [0.4, 0.5) is 5.69 Å². The second-order valence-corrected chi connectivity index (χ2v) is 5.04. The van der Waals surface area contributed by atoms with Crippen molar-refractivity contribution in [3.05, 3.63) is 29.3 Å². The number of rotatable bonds is 2. The summed E-state index contributed by atoms with van der Waals surface area (Å²) in [6.07, 6.45) is 0.504. The van der Waals surface area contributed by atoms with Gasteiger partial charge in [0, 0.05) is 23.8 Å². The molecule has 0 radical (unpaired) electrons. The van der Waals surface area contributed by atoms with Crippen molar-refractivity contribution in [1.29, 1.82) is 0 Å². The SMILES string of the molecule is Cc1ccc(C(=O)N2CCC(C(=O)O)C2C)cc1N. The van der Waals surface area contributed by atoms with Gasteiger partial charge in [0.05, 0.1) is 5.92 Å². The maximum Gasteiger partial charge on any atom is 0.308 e. The molecule has 1 aliphatic rings.